The molecule has 1 aromatic rings. The highest BCUT2D eigenvalue weighted by Crippen LogP contribution is 2.32. The van der Waals surface area contributed by atoms with Crippen LogP contribution in [-0.2, 0) is 4.74 Å². The Morgan fingerprint density at radius 3 is 3.17 bits per heavy atom. The summed E-state index contributed by atoms with van der Waals surface area (Å²) in [6, 6.07) is 2.30. The van der Waals surface area contributed by atoms with Gasteiger partial charge in [-0.25, -0.2) is 0 Å². The molecule has 2 unspecified atom stereocenters. The number of nitrogens with zero attached hydrogens (tertiary/aromatic N) is 1. The van der Waals surface area contributed by atoms with Crippen LogP contribution in [-0.4, -0.2) is 24.7 Å². The van der Waals surface area contributed by atoms with Gasteiger partial charge in [-0.3, -0.25) is 4.98 Å². The van der Waals surface area contributed by atoms with Crippen LogP contribution in [0.5, 0.6) is 0 Å². The van der Waals surface area contributed by atoms with Gasteiger partial charge in [-0.05, 0) is 37.4 Å². The third-order valence-corrected chi connectivity index (χ3v) is 3.74. The first-order valence-corrected chi connectivity index (χ1v) is 7.11. The lowest BCUT2D eigenvalue weighted by atomic mass is 9.89. The summed E-state index contributed by atoms with van der Waals surface area (Å²) in [5.41, 5.74) is 1.15. The van der Waals surface area contributed by atoms with Crippen LogP contribution in [0.3, 0.4) is 0 Å². The fraction of sp³-hybridized carbons (Fsp3) is 0.643. The minimum atomic E-state index is 0.278. The van der Waals surface area contributed by atoms with Crippen LogP contribution in [0.2, 0.25) is 5.02 Å². The molecule has 0 spiro atoms. The molecular weight excluding hydrogens is 248 g/mol. The van der Waals surface area contributed by atoms with Crippen LogP contribution in [0.15, 0.2) is 18.5 Å². The van der Waals surface area contributed by atoms with E-state index in [4.69, 9.17) is 16.3 Å². The molecule has 0 radical (unpaired) electrons. The smallest absolute Gasteiger partial charge is 0.0637 e. The lowest BCUT2D eigenvalue weighted by Crippen LogP contribution is -2.34. The molecule has 3 nitrogen and oxygen atoms in total. The highest BCUT2D eigenvalue weighted by Gasteiger charge is 2.26. The zero-order valence-corrected chi connectivity index (χ0v) is 11.6. The average Bonchev–Trinajstić information content (AvgIpc) is 2.42. The first-order chi connectivity index (χ1) is 8.83. The molecule has 100 valence electrons. The number of rotatable bonds is 5. The quantitative estimate of drug-likeness (QED) is 0.891. The first kappa shape index (κ1) is 13.8. The predicted octanol–water partition coefficient (Wildman–Crippen LogP) is 3.20. The molecule has 0 aromatic carbocycles. The van der Waals surface area contributed by atoms with Gasteiger partial charge in [0.15, 0.2) is 0 Å². The summed E-state index contributed by atoms with van der Waals surface area (Å²) in [5.74, 6) is 0.505. The second-order valence-corrected chi connectivity index (χ2v) is 5.21. The second-order valence-electron chi connectivity index (χ2n) is 4.81. The molecule has 1 aliphatic heterocycles. The maximum atomic E-state index is 6.27. The largest absolute Gasteiger partial charge is 0.381 e. The van der Waals surface area contributed by atoms with Gasteiger partial charge in [0.25, 0.3) is 0 Å². The predicted molar refractivity (Wildman–Crippen MR) is 73.8 cm³/mol. The molecule has 1 saturated heterocycles. The third-order valence-electron chi connectivity index (χ3n) is 3.42. The van der Waals surface area contributed by atoms with Crippen molar-refractivity contribution < 1.29 is 4.74 Å². The van der Waals surface area contributed by atoms with Crippen molar-refractivity contribution in [3.05, 3.63) is 29.0 Å². The highest BCUT2D eigenvalue weighted by molar-refractivity contribution is 6.31. The van der Waals surface area contributed by atoms with Crippen molar-refractivity contribution in [2.45, 2.75) is 32.2 Å². The Kier molecular flexibility index (Phi) is 5.42. The Hall–Kier alpha value is -0.640. The van der Waals surface area contributed by atoms with Gasteiger partial charge in [0.2, 0.25) is 0 Å². The molecule has 0 aliphatic carbocycles. The normalized spacial score (nSPS) is 21.8. The topological polar surface area (TPSA) is 34.2 Å². The number of halogens is 1. The minimum absolute atomic E-state index is 0.278. The number of ether oxygens (including phenoxy) is 1. The van der Waals surface area contributed by atoms with E-state index in [1.54, 1.807) is 6.20 Å². The Labute approximate surface area is 114 Å². The second kappa shape index (κ2) is 7.07. The molecule has 1 N–H and O–H groups in total. The number of aromatic nitrogens is 1. The van der Waals surface area contributed by atoms with Gasteiger partial charge in [-0.1, -0.05) is 18.5 Å². The Bertz CT molecular complexity index is 367. The van der Waals surface area contributed by atoms with Crippen LogP contribution in [0.1, 0.15) is 37.8 Å². The standard InChI is InChI=1S/C14H21ClN2O/c1-2-6-17-14(11-4-3-8-18-10-11)12-5-7-16-9-13(12)15/h5,7,9,11,14,17H,2-4,6,8,10H2,1H3. The van der Waals surface area contributed by atoms with E-state index >= 15 is 0 Å². The molecule has 1 aromatic heterocycles. The van der Waals surface area contributed by atoms with E-state index in [9.17, 15) is 0 Å². The maximum absolute atomic E-state index is 6.27. The highest BCUT2D eigenvalue weighted by atomic mass is 35.5. The van der Waals surface area contributed by atoms with Crippen molar-refractivity contribution >= 4 is 11.6 Å². The zero-order valence-electron chi connectivity index (χ0n) is 10.9. The van der Waals surface area contributed by atoms with Gasteiger partial charge in [0.1, 0.15) is 0 Å². The van der Waals surface area contributed by atoms with Crippen molar-refractivity contribution in [2.75, 3.05) is 19.8 Å². The summed E-state index contributed by atoms with van der Waals surface area (Å²) in [7, 11) is 0. The molecule has 4 heteroatoms. The Morgan fingerprint density at radius 1 is 1.61 bits per heavy atom. The number of hydrogen-bond donors (Lipinski definition) is 1. The fourth-order valence-electron chi connectivity index (χ4n) is 2.50. The van der Waals surface area contributed by atoms with Crippen LogP contribution < -0.4 is 5.32 Å². The summed E-state index contributed by atoms with van der Waals surface area (Å²) in [4.78, 5) is 4.06. The van der Waals surface area contributed by atoms with Crippen LogP contribution in [0.4, 0.5) is 0 Å². The summed E-state index contributed by atoms with van der Waals surface area (Å²) < 4.78 is 5.61. The zero-order chi connectivity index (χ0) is 12.8. The van der Waals surface area contributed by atoms with Gasteiger partial charge in [0.05, 0.1) is 11.6 Å². The van der Waals surface area contributed by atoms with Crippen LogP contribution in [0, 0.1) is 5.92 Å². The van der Waals surface area contributed by atoms with E-state index in [0.29, 0.717) is 5.92 Å². The van der Waals surface area contributed by atoms with Crippen LogP contribution in [0.25, 0.3) is 0 Å². The average molecular weight is 269 g/mol. The number of pyridine rings is 1. The molecule has 2 atom stereocenters. The first-order valence-electron chi connectivity index (χ1n) is 6.73. The maximum Gasteiger partial charge on any atom is 0.0637 e. The fourth-order valence-corrected chi connectivity index (χ4v) is 2.73. The molecular formula is C14H21ClN2O. The summed E-state index contributed by atoms with van der Waals surface area (Å²) in [5, 5.41) is 4.35. The number of hydrogen-bond acceptors (Lipinski definition) is 3. The van der Waals surface area contributed by atoms with Crippen molar-refractivity contribution in [3.8, 4) is 0 Å². The van der Waals surface area contributed by atoms with E-state index in [2.05, 4.69) is 17.2 Å². The van der Waals surface area contributed by atoms with E-state index in [1.165, 1.54) is 6.42 Å². The molecule has 1 aliphatic rings. The summed E-state index contributed by atoms with van der Waals surface area (Å²) in [6.45, 7) is 4.89. The van der Waals surface area contributed by atoms with Gasteiger partial charge >= 0.3 is 0 Å². The monoisotopic (exact) mass is 268 g/mol. The van der Waals surface area contributed by atoms with Crippen LogP contribution >= 0.6 is 11.6 Å². The summed E-state index contributed by atoms with van der Waals surface area (Å²) in [6.07, 6.45) is 6.98. The van der Waals surface area contributed by atoms with Crippen molar-refractivity contribution in [2.24, 2.45) is 5.92 Å². The van der Waals surface area contributed by atoms with Gasteiger partial charge in [-0.15, -0.1) is 0 Å². The van der Waals surface area contributed by atoms with E-state index < -0.39 is 0 Å². The van der Waals surface area contributed by atoms with Crippen molar-refractivity contribution in [1.29, 1.82) is 0 Å². The van der Waals surface area contributed by atoms with Crippen molar-refractivity contribution in [3.63, 3.8) is 0 Å². The summed E-state index contributed by atoms with van der Waals surface area (Å²) >= 11 is 6.27. The van der Waals surface area contributed by atoms with E-state index in [1.807, 2.05) is 12.3 Å². The molecule has 18 heavy (non-hydrogen) atoms. The lowest BCUT2D eigenvalue weighted by molar-refractivity contribution is 0.0390. The molecule has 0 saturated carbocycles. The molecule has 2 rings (SSSR count). The minimum Gasteiger partial charge on any atom is -0.381 e. The molecule has 0 amide bonds. The molecule has 1 fully saturated rings. The van der Waals surface area contributed by atoms with E-state index in [-0.39, 0.29) is 6.04 Å². The molecule has 2 heterocycles. The van der Waals surface area contributed by atoms with Gasteiger partial charge in [0, 0.05) is 31.0 Å². The SMILES string of the molecule is CCCNC(c1ccncc1Cl)C1CCCOC1. The Morgan fingerprint density at radius 2 is 2.50 bits per heavy atom. The lowest BCUT2D eigenvalue weighted by Gasteiger charge is -2.31. The Balaban J connectivity index is 2.15. The van der Waals surface area contributed by atoms with Gasteiger partial charge < -0.3 is 10.1 Å². The van der Waals surface area contributed by atoms with Gasteiger partial charge in [-0.2, -0.15) is 0 Å². The number of nitrogens with one attached hydrogen (secondary N) is 1. The third kappa shape index (κ3) is 3.44. The van der Waals surface area contributed by atoms with Crippen molar-refractivity contribution in [1.82, 2.24) is 10.3 Å². The van der Waals surface area contributed by atoms with E-state index in [0.717, 1.165) is 43.2 Å². The molecule has 0 bridgehead atoms.